The van der Waals surface area contributed by atoms with E-state index in [9.17, 15) is 4.79 Å². The maximum Gasteiger partial charge on any atom is 0.224 e. The number of ether oxygens (including phenoxy) is 1. The highest BCUT2D eigenvalue weighted by Crippen LogP contribution is 2.33. The quantitative estimate of drug-likeness (QED) is 0.848. The normalized spacial score (nSPS) is 17.7. The zero-order valence-corrected chi connectivity index (χ0v) is 12.7. The topological polar surface area (TPSA) is 60.2 Å². The predicted molar refractivity (Wildman–Crippen MR) is 81.3 cm³/mol. The van der Waals surface area contributed by atoms with E-state index in [0.29, 0.717) is 13.0 Å². The Morgan fingerprint density at radius 3 is 3.14 bits per heavy atom. The molecule has 1 aromatic heterocycles. The molecule has 0 spiro atoms. The fourth-order valence-corrected chi connectivity index (χ4v) is 2.96. The van der Waals surface area contributed by atoms with Crippen molar-refractivity contribution in [2.45, 2.75) is 31.8 Å². The Morgan fingerprint density at radius 2 is 2.36 bits per heavy atom. The van der Waals surface area contributed by atoms with E-state index in [2.05, 4.69) is 16.1 Å². The summed E-state index contributed by atoms with van der Waals surface area (Å²) in [5, 5.41) is 4.03. The summed E-state index contributed by atoms with van der Waals surface area (Å²) < 4.78 is 6.97. The van der Waals surface area contributed by atoms with Gasteiger partial charge in [-0.2, -0.15) is 5.10 Å². The molecular weight excluding hydrogens is 280 g/mol. The van der Waals surface area contributed by atoms with Gasteiger partial charge >= 0.3 is 0 Å². The second-order valence-electron chi connectivity index (χ2n) is 5.43. The van der Waals surface area contributed by atoms with Crippen LogP contribution in [0.25, 0.3) is 0 Å². The van der Waals surface area contributed by atoms with Gasteiger partial charge in [0.05, 0.1) is 19.7 Å². The molecule has 116 valence electrons. The van der Waals surface area contributed by atoms with Gasteiger partial charge in [0.1, 0.15) is 18.4 Å². The lowest BCUT2D eigenvalue weighted by molar-refractivity contribution is -0.132. The SMILES string of the molecule is COc1cccc([C@H]2CCCN2C(=O)CCn2cncn2)c1. The van der Waals surface area contributed by atoms with Crippen LogP contribution in [-0.2, 0) is 11.3 Å². The van der Waals surface area contributed by atoms with Gasteiger partial charge in [-0.1, -0.05) is 12.1 Å². The van der Waals surface area contributed by atoms with Crippen LogP contribution in [0.5, 0.6) is 5.75 Å². The molecule has 22 heavy (non-hydrogen) atoms. The Balaban J connectivity index is 1.68. The highest BCUT2D eigenvalue weighted by atomic mass is 16.5. The number of likely N-dealkylation sites (tertiary alicyclic amines) is 1. The van der Waals surface area contributed by atoms with Crippen LogP contribution in [0.15, 0.2) is 36.9 Å². The third-order valence-corrected chi connectivity index (χ3v) is 4.07. The minimum Gasteiger partial charge on any atom is -0.497 e. The van der Waals surface area contributed by atoms with Gasteiger partial charge in [-0.25, -0.2) is 4.98 Å². The smallest absolute Gasteiger partial charge is 0.224 e. The van der Waals surface area contributed by atoms with Crippen molar-refractivity contribution < 1.29 is 9.53 Å². The molecule has 1 aromatic carbocycles. The zero-order chi connectivity index (χ0) is 15.4. The lowest BCUT2D eigenvalue weighted by Gasteiger charge is -2.25. The maximum absolute atomic E-state index is 12.5. The fraction of sp³-hybridized carbons (Fsp3) is 0.438. The molecule has 1 atom stereocenters. The van der Waals surface area contributed by atoms with Crippen LogP contribution in [0.1, 0.15) is 30.9 Å². The number of hydrogen-bond acceptors (Lipinski definition) is 4. The van der Waals surface area contributed by atoms with Crippen molar-refractivity contribution in [3.8, 4) is 5.75 Å². The Morgan fingerprint density at radius 1 is 1.45 bits per heavy atom. The van der Waals surface area contributed by atoms with Crippen molar-refractivity contribution in [2.75, 3.05) is 13.7 Å². The van der Waals surface area contributed by atoms with E-state index in [4.69, 9.17) is 4.74 Å². The first kappa shape index (κ1) is 14.6. The molecular formula is C16H20N4O2. The van der Waals surface area contributed by atoms with Crippen LogP contribution in [0.4, 0.5) is 0 Å². The molecule has 2 heterocycles. The summed E-state index contributed by atoms with van der Waals surface area (Å²) in [5.41, 5.74) is 1.14. The van der Waals surface area contributed by atoms with Crippen molar-refractivity contribution in [1.82, 2.24) is 19.7 Å². The maximum atomic E-state index is 12.5. The predicted octanol–water partition coefficient (Wildman–Crippen LogP) is 2.04. The molecule has 0 unspecified atom stereocenters. The van der Waals surface area contributed by atoms with E-state index in [1.54, 1.807) is 18.1 Å². The monoisotopic (exact) mass is 300 g/mol. The van der Waals surface area contributed by atoms with Gasteiger partial charge in [0.2, 0.25) is 5.91 Å². The van der Waals surface area contributed by atoms with Gasteiger partial charge in [0.15, 0.2) is 0 Å². The molecule has 6 heteroatoms. The van der Waals surface area contributed by atoms with Gasteiger partial charge in [-0.3, -0.25) is 9.48 Å². The Kier molecular flexibility index (Phi) is 4.37. The van der Waals surface area contributed by atoms with Crippen LogP contribution >= 0.6 is 0 Å². The molecule has 0 radical (unpaired) electrons. The minimum absolute atomic E-state index is 0.151. The fourth-order valence-electron chi connectivity index (χ4n) is 2.96. The van der Waals surface area contributed by atoms with Gasteiger partial charge in [-0.05, 0) is 30.5 Å². The Hall–Kier alpha value is -2.37. The number of rotatable bonds is 5. The van der Waals surface area contributed by atoms with Crippen molar-refractivity contribution in [3.63, 3.8) is 0 Å². The summed E-state index contributed by atoms with van der Waals surface area (Å²) in [6.07, 6.45) is 5.61. The first-order valence-corrected chi connectivity index (χ1v) is 7.54. The number of hydrogen-bond donors (Lipinski definition) is 0. The molecule has 0 aliphatic carbocycles. The van der Waals surface area contributed by atoms with E-state index in [1.165, 1.54) is 6.33 Å². The van der Waals surface area contributed by atoms with E-state index < -0.39 is 0 Å². The molecule has 1 fully saturated rings. The minimum atomic E-state index is 0.151. The summed E-state index contributed by atoms with van der Waals surface area (Å²) in [4.78, 5) is 18.4. The van der Waals surface area contributed by atoms with E-state index in [-0.39, 0.29) is 11.9 Å². The molecule has 0 N–H and O–H groups in total. The average Bonchev–Trinajstić information content (AvgIpc) is 3.24. The number of amides is 1. The van der Waals surface area contributed by atoms with Gasteiger partial charge < -0.3 is 9.64 Å². The second kappa shape index (κ2) is 6.60. The molecule has 2 aromatic rings. The first-order chi connectivity index (χ1) is 10.8. The zero-order valence-electron chi connectivity index (χ0n) is 12.7. The summed E-state index contributed by atoms with van der Waals surface area (Å²) in [7, 11) is 1.66. The third-order valence-electron chi connectivity index (χ3n) is 4.07. The molecule has 1 aliphatic rings. The van der Waals surface area contributed by atoms with E-state index >= 15 is 0 Å². The number of carbonyl (C=O) groups excluding carboxylic acids is 1. The molecule has 1 saturated heterocycles. The van der Waals surface area contributed by atoms with Gasteiger partial charge in [0, 0.05) is 13.0 Å². The third kappa shape index (κ3) is 3.10. The summed E-state index contributed by atoms with van der Waals surface area (Å²) >= 11 is 0. The first-order valence-electron chi connectivity index (χ1n) is 7.54. The Bertz CT molecular complexity index is 627. The van der Waals surface area contributed by atoms with Gasteiger partial charge in [0.25, 0.3) is 0 Å². The number of carbonyl (C=O) groups is 1. The second-order valence-corrected chi connectivity index (χ2v) is 5.43. The van der Waals surface area contributed by atoms with Crippen LogP contribution in [0.3, 0.4) is 0 Å². The number of benzene rings is 1. The lowest BCUT2D eigenvalue weighted by Crippen LogP contribution is -2.31. The van der Waals surface area contributed by atoms with E-state index in [1.807, 2.05) is 23.1 Å². The molecule has 0 bridgehead atoms. The van der Waals surface area contributed by atoms with E-state index in [0.717, 1.165) is 30.7 Å². The lowest BCUT2D eigenvalue weighted by atomic mass is 10.0. The molecule has 1 amide bonds. The van der Waals surface area contributed by atoms with Crippen LogP contribution in [-0.4, -0.2) is 39.2 Å². The average molecular weight is 300 g/mol. The summed E-state index contributed by atoms with van der Waals surface area (Å²) in [6, 6.07) is 8.14. The molecule has 0 saturated carbocycles. The van der Waals surface area contributed by atoms with Crippen molar-refractivity contribution in [1.29, 1.82) is 0 Å². The number of methoxy groups -OCH3 is 1. The number of aromatic nitrogens is 3. The molecule has 1 aliphatic heterocycles. The molecule has 6 nitrogen and oxygen atoms in total. The standard InChI is InChI=1S/C16H20N4O2/c1-22-14-5-2-4-13(10-14)15-6-3-8-20(15)16(21)7-9-19-12-17-11-18-19/h2,4-5,10-12,15H,3,6-9H2,1H3/t15-/m1/s1. The Labute approximate surface area is 129 Å². The largest absolute Gasteiger partial charge is 0.497 e. The van der Waals surface area contributed by atoms with Crippen LogP contribution in [0.2, 0.25) is 0 Å². The number of nitrogens with zero attached hydrogens (tertiary/aromatic N) is 4. The van der Waals surface area contributed by atoms with Crippen LogP contribution < -0.4 is 4.74 Å². The van der Waals surface area contributed by atoms with Crippen molar-refractivity contribution in [2.24, 2.45) is 0 Å². The molecule has 3 rings (SSSR count). The number of aryl methyl sites for hydroxylation is 1. The summed E-state index contributed by atoms with van der Waals surface area (Å²) in [5.74, 6) is 1.00. The van der Waals surface area contributed by atoms with Gasteiger partial charge in [-0.15, -0.1) is 0 Å². The van der Waals surface area contributed by atoms with Crippen LogP contribution in [0, 0.1) is 0 Å². The van der Waals surface area contributed by atoms with Crippen molar-refractivity contribution >= 4 is 5.91 Å². The summed E-state index contributed by atoms with van der Waals surface area (Å²) in [6.45, 7) is 1.39. The van der Waals surface area contributed by atoms with Crippen molar-refractivity contribution in [3.05, 3.63) is 42.5 Å². The highest BCUT2D eigenvalue weighted by Gasteiger charge is 2.29. The highest BCUT2D eigenvalue weighted by molar-refractivity contribution is 5.77.